The molecule has 1 aromatic carbocycles. The Balaban J connectivity index is 2.59. The molecule has 0 saturated carbocycles. The summed E-state index contributed by atoms with van der Waals surface area (Å²) < 4.78 is 10.5. The van der Waals surface area contributed by atoms with Crippen molar-refractivity contribution in [2.45, 2.75) is 51.3 Å². The van der Waals surface area contributed by atoms with E-state index in [1.807, 2.05) is 30.3 Å². The third kappa shape index (κ3) is 4.26. The molecular formula is C20H26ClNO5. The second-order valence-corrected chi connectivity index (χ2v) is 8.13. The van der Waals surface area contributed by atoms with Gasteiger partial charge >= 0.3 is 11.9 Å². The Morgan fingerprint density at radius 1 is 1.22 bits per heavy atom. The van der Waals surface area contributed by atoms with Crippen LogP contribution in [0.4, 0.5) is 0 Å². The topological polar surface area (TPSA) is 72.9 Å². The van der Waals surface area contributed by atoms with Crippen molar-refractivity contribution in [3.05, 3.63) is 35.9 Å². The summed E-state index contributed by atoms with van der Waals surface area (Å²) in [5.41, 5.74) is -1.27. The summed E-state index contributed by atoms with van der Waals surface area (Å²) in [6.07, 6.45) is 0.0940. The number of hydrogen-bond donors (Lipinski definition) is 0. The van der Waals surface area contributed by atoms with Crippen molar-refractivity contribution in [2.75, 3.05) is 13.0 Å². The van der Waals surface area contributed by atoms with E-state index in [9.17, 15) is 14.4 Å². The van der Waals surface area contributed by atoms with E-state index in [4.69, 9.17) is 21.1 Å². The van der Waals surface area contributed by atoms with E-state index in [1.54, 1.807) is 27.7 Å². The summed E-state index contributed by atoms with van der Waals surface area (Å²) in [5.74, 6) is -2.52. The molecule has 1 aromatic rings. The Morgan fingerprint density at radius 2 is 1.81 bits per heavy atom. The van der Waals surface area contributed by atoms with Crippen molar-refractivity contribution in [2.24, 2.45) is 5.92 Å². The fraction of sp³-hybridized carbons (Fsp3) is 0.550. The first-order valence-electron chi connectivity index (χ1n) is 8.79. The molecule has 0 aliphatic carbocycles. The summed E-state index contributed by atoms with van der Waals surface area (Å²) in [4.78, 5) is 39.6. The summed E-state index contributed by atoms with van der Waals surface area (Å²) in [6, 6.07) is 8.45. The number of methoxy groups -OCH3 is 1. The van der Waals surface area contributed by atoms with E-state index in [0.717, 1.165) is 5.56 Å². The summed E-state index contributed by atoms with van der Waals surface area (Å²) in [5, 5.41) is 0. The predicted molar refractivity (Wildman–Crippen MR) is 101 cm³/mol. The number of carbonyl (C=O) groups is 3. The van der Waals surface area contributed by atoms with Crippen molar-refractivity contribution in [1.82, 2.24) is 4.90 Å². The maximum atomic E-state index is 13.0. The van der Waals surface area contributed by atoms with E-state index in [2.05, 4.69) is 0 Å². The van der Waals surface area contributed by atoms with Crippen LogP contribution in [-0.4, -0.2) is 46.9 Å². The van der Waals surface area contributed by atoms with Crippen LogP contribution < -0.4 is 0 Å². The third-order valence-corrected chi connectivity index (χ3v) is 4.90. The van der Waals surface area contributed by atoms with Crippen molar-refractivity contribution < 1.29 is 23.9 Å². The van der Waals surface area contributed by atoms with Gasteiger partial charge in [0, 0.05) is 0 Å². The average Bonchev–Trinajstić information content (AvgIpc) is 2.94. The lowest BCUT2D eigenvalue weighted by atomic mass is 9.90. The average molecular weight is 396 g/mol. The number of esters is 2. The maximum Gasteiger partial charge on any atom is 0.331 e. The third-order valence-electron chi connectivity index (χ3n) is 4.67. The van der Waals surface area contributed by atoms with Crippen LogP contribution in [0.25, 0.3) is 0 Å². The lowest BCUT2D eigenvalue weighted by Gasteiger charge is -2.36. The monoisotopic (exact) mass is 395 g/mol. The van der Waals surface area contributed by atoms with Crippen LogP contribution in [0.15, 0.2) is 30.3 Å². The smallest absolute Gasteiger partial charge is 0.331 e. The van der Waals surface area contributed by atoms with E-state index in [1.165, 1.54) is 12.0 Å². The molecule has 7 heteroatoms. The molecule has 27 heavy (non-hydrogen) atoms. The Hall–Kier alpha value is -2.08. The minimum absolute atomic E-state index is 0.0940. The number of halogens is 1. The van der Waals surface area contributed by atoms with Gasteiger partial charge < -0.3 is 14.4 Å². The van der Waals surface area contributed by atoms with E-state index in [-0.39, 0.29) is 12.3 Å². The molecule has 1 aliphatic heterocycles. The Labute approximate surface area is 164 Å². The largest absolute Gasteiger partial charge is 0.467 e. The van der Waals surface area contributed by atoms with Gasteiger partial charge in [0.15, 0.2) is 0 Å². The molecule has 1 heterocycles. The lowest BCUT2D eigenvalue weighted by Crippen LogP contribution is -2.52. The highest BCUT2D eigenvalue weighted by Crippen LogP contribution is 2.48. The van der Waals surface area contributed by atoms with Gasteiger partial charge in [-0.3, -0.25) is 9.59 Å². The summed E-state index contributed by atoms with van der Waals surface area (Å²) in [7, 11) is 1.26. The normalized spacial score (nSPS) is 25.2. The standard InChI is InChI=1S/C20H26ClNO5/c1-19(2,3)27-17(24)14-11-20(4,18(25)26-5)22(15(23)12-21)16(14)13-9-7-6-8-10-13/h6-10,14,16H,11-12H2,1-5H3/t14-,16+,20-/m0/s1. The number of carbonyl (C=O) groups excluding carboxylic acids is 3. The van der Waals surface area contributed by atoms with Gasteiger partial charge in [-0.15, -0.1) is 11.6 Å². The van der Waals surface area contributed by atoms with E-state index in [0.29, 0.717) is 0 Å². The summed E-state index contributed by atoms with van der Waals surface area (Å²) in [6.45, 7) is 6.93. The highest BCUT2D eigenvalue weighted by molar-refractivity contribution is 6.27. The minimum Gasteiger partial charge on any atom is -0.467 e. The van der Waals surface area contributed by atoms with Crippen molar-refractivity contribution in [3.8, 4) is 0 Å². The minimum atomic E-state index is -1.32. The van der Waals surface area contributed by atoms with Gasteiger partial charge in [-0.2, -0.15) is 0 Å². The molecule has 1 saturated heterocycles. The molecule has 1 fully saturated rings. The van der Waals surface area contributed by atoms with Gasteiger partial charge in [0.2, 0.25) is 5.91 Å². The number of likely N-dealkylation sites (tertiary alicyclic amines) is 1. The zero-order valence-corrected chi connectivity index (χ0v) is 17.1. The predicted octanol–water partition coefficient (Wildman–Crippen LogP) is 3.09. The first-order chi connectivity index (χ1) is 12.5. The van der Waals surface area contributed by atoms with Gasteiger partial charge in [0.1, 0.15) is 17.0 Å². The molecule has 0 radical (unpaired) electrons. The first kappa shape index (κ1) is 21.2. The molecule has 3 atom stereocenters. The first-order valence-corrected chi connectivity index (χ1v) is 9.33. The van der Waals surface area contributed by atoms with Crippen molar-refractivity contribution in [1.29, 1.82) is 0 Å². The molecule has 1 amide bonds. The fourth-order valence-electron chi connectivity index (χ4n) is 3.64. The fourth-order valence-corrected chi connectivity index (χ4v) is 3.77. The molecule has 0 N–H and O–H groups in total. The van der Waals surface area contributed by atoms with Crippen LogP contribution >= 0.6 is 11.6 Å². The summed E-state index contributed by atoms with van der Waals surface area (Å²) >= 11 is 5.83. The molecule has 1 aliphatic rings. The highest BCUT2D eigenvalue weighted by Gasteiger charge is 2.59. The van der Waals surface area contributed by atoms with Crippen LogP contribution in [0.1, 0.15) is 45.7 Å². The number of alkyl halides is 1. The zero-order chi connectivity index (χ0) is 20.4. The molecular weight excluding hydrogens is 370 g/mol. The molecule has 0 bridgehead atoms. The number of benzene rings is 1. The number of hydrogen-bond acceptors (Lipinski definition) is 5. The van der Waals surface area contributed by atoms with Crippen molar-refractivity contribution >= 4 is 29.4 Å². The Morgan fingerprint density at radius 3 is 2.30 bits per heavy atom. The molecule has 0 aromatic heterocycles. The Kier molecular flexibility index (Phi) is 6.20. The van der Waals surface area contributed by atoms with Crippen LogP contribution in [0.2, 0.25) is 0 Å². The molecule has 0 unspecified atom stereocenters. The second kappa shape index (κ2) is 7.89. The van der Waals surface area contributed by atoms with Gasteiger partial charge in [-0.25, -0.2) is 4.79 Å². The van der Waals surface area contributed by atoms with Crippen LogP contribution in [0, 0.1) is 5.92 Å². The second-order valence-electron chi connectivity index (χ2n) is 7.86. The van der Waals surface area contributed by atoms with Gasteiger partial charge in [-0.1, -0.05) is 30.3 Å². The highest BCUT2D eigenvalue weighted by atomic mass is 35.5. The number of amides is 1. The molecule has 6 nitrogen and oxygen atoms in total. The maximum absolute atomic E-state index is 13.0. The van der Waals surface area contributed by atoms with Crippen LogP contribution in [0.5, 0.6) is 0 Å². The van der Waals surface area contributed by atoms with Gasteiger partial charge in [0.25, 0.3) is 0 Å². The van der Waals surface area contributed by atoms with E-state index >= 15 is 0 Å². The van der Waals surface area contributed by atoms with E-state index < -0.39 is 40.9 Å². The number of ether oxygens (including phenoxy) is 2. The van der Waals surface area contributed by atoms with Crippen LogP contribution in [0.3, 0.4) is 0 Å². The zero-order valence-electron chi connectivity index (χ0n) is 16.3. The van der Waals surface area contributed by atoms with Gasteiger partial charge in [0.05, 0.1) is 19.1 Å². The molecule has 0 spiro atoms. The van der Waals surface area contributed by atoms with Crippen LogP contribution in [-0.2, 0) is 23.9 Å². The van der Waals surface area contributed by atoms with Gasteiger partial charge in [-0.05, 0) is 39.7 Å². The molecule has 148 valence electrons. The number of rotatable bonds is 4. The quantitative estimate of drug-likeness (QED) is 0.578. The SMILES string of the molecule is COC(=O)[C@]1(C)C[C@H](C(=O)OC(C)(C)C)[C@@H](c2ccccc2)N1C(=O)CCl. The molecule has 2 rings (SSSR count). The number of nitrogens with zero attached hydrogens (tertiary/aromatic N) is 1. The lowest BCUT2D eigenvalue weighted by molar-refractivity contribution is -0.161. The van der Waals surface area contributed by atoms with Crippen molar-refractivity contribution in [3.63, 3.8) is 0 Å². The Bertz CT molecular complexity index is 715.